The summed E-state index contributed by atoms with van der Waals surface area (Å²) in [4.78, 5) is 11.9. The molecule has 0 aromatic heterocycles. The normalized spacial score (nSPS) is 27.0. The molecule has 3 rings (SSSR count). The number of ether oxygens (including phenoxy) is 1. The Morgan fingerprint density at radius 1 is 1.50 bits per heavy atom. The highest BCUT2D eigenvalue weighted by Crippen LogP contribution is 2.34. The Kier molecular flexibility index (Phi) is 3.76. The predicted molar refractivity (Wildman–Crippen MR) is 77.5 cm³/mol. The Balaban J connectivity index is 1.87. The number of amides is 1. The first-order valence-electron chi connectivity index (χ1n) is 7.49. The van der Waals surface area contributed by atoms with Gasteiger partial charge in [0.05, 0.1) is 6.10 Å². The number of nitrogens with two attached hydrogens (primary N) is 1. The maximum atomic E-state index is 11.9. The molecule has 1 saturated heterocycles. The number of hydrogen-bond donors (Lipinski definition) is 2. The largest absolute Gasteiger partial charge is 0.378 e. The van der Waals surface area contributed by atoms with Gasteiger partial charge in [0, 0.05) is 30.7 Å². The molecule has 3 unspecified atom stereocenters. The first kappa shape index (κ1) is 13.6. The van der Waals surface area contributed by atoms with Crippen molar-refractivity contribution < 1.29 is 9.53 Å². The van der Waals surface area contributed by atoms with Crippen molar-refractivity contribution in [1.82, 2.24) is 5.32 Å². The Labute approximate surface area is 119 Å². The fraction of sp³-hybridized carbons (Fsp3) is 0.562. The molecule has 0 spiro atoms. The zero-order chi connectivity index (χ0) is 14.1. The van der Waals surface area contributed by atoms with Gasteiger partial charge >= 0.3 is 0 Å². The van der Waals surface area contributed by atoms with Crippen LogP contribution in [-0.2, 0) is 11.2 Å². The highest BCUT2D eigenvalue weighted by atomic mass is 16.5. The van der Waals surface area contributed by atoms with Gasteiger partial charge in [-0.1, -0.05) is 19.1 Å². The van der Waals surface area contributed by atoms with Crippen molar-refractivity contribution in [2.75, 3.05) is 13.2 Å². The fourth-order valence-corrected chi connectivity index (χ4v) is 3.38. The van der Waals surface area contributed by atoms with E-state index in [1.807, 2.05) is 6.07 Å². The lowest BCUT2D eigenvalue weighted by Crippen LogP contribution is -2.33. The molecule has 0 aliphatic carbocycles. The van der Waals surface area contributed by atoms with Crippen LogP contribution in [-0.4, -0.2) is 25.2 Å². The topological polar surface area (TPSA) is 64.3 Å². The summed E-state index contributed by atoms with van der Waals surface area (Å²) >= 11 is 0. The van der Waals surface area contributed by atoms with Gasteiger partial charge in [-0.15, -0.1) is 0 Å². The van der Waals surface area contributed by atoms with Crippen molar-refractivity contribution in [1.29, 1.82) is 0 Å². The van der Waals surface area contributed by atoms with E-state index in [0.29, 0.717) is 5.92 Å². The molecule has 2 heterocycles. The standard InChI is InChI=1S/C16H22N2O2/c1-2-14-12(6-8-20-14)15(17)11-4-3-10-5-7-18-16(19)13(10)9-11/h3-4,9,12,14-15H,2,5-8,17H2,1H3,(H,18,19). The van der Waals surface area contributed by atoms with Gasteiger partial charge < -0.3 is 15.8 Å². The minimum Gasteiger partial charge on any atom is -0.378 e. The van der Waals surface area contributed by atoms with Gasteiger partial charge in [-0.25, -0.2) is 0 Å². The van der Waals surface area contributed by atoms with Crippen molar-refractivity contribution in [3.05, 3.63) is 34.9 Å². The Hall–Kier alpha value is -1.39. The van der Waals surface area contributed by atoms with E-state index < -0.39 is 0 Å². The Morgan fingerprint density at radius 3 is 3.15 bits per heavy atom. The molecule has 2 aliphatic heterocycles. The summed E-state index contributed by atoms with van der Waals surface area (Å²) in [5.41, 5.74) is 9.40. The molecule has 0 radical (unpaired) electrons. The van der Waals surface area contributed by atoms with Crippen molar-refractivity contribution >= 4 is 5.91 Å². The number of hydrogen-bond acceptors (Lipinski definition) is 3. The Bertz CT molecular complexity index is 515. The van der Waals surface area contributed by atoms with Crippen LogP contribution in [0, 0.1) is 5.92 Å². The second kappa shape index (κ2) is 5.54. The monoisotopic (exact) mass is 274 g/mol. The van der Waals surface area contributed by atoms with Crippen LogP contribution in [0.25, 0.3) is 0 Å². The van der Waals surface area contributed by atoms with Crippen LogP contribution in [0.15, 0.2) is 18.2 Å². The summed E-state index contributed by atoms with van der Waals surface area (Å²) in [6.07, 6.45) is 3.14. The van der Waals surface area contributed by atoms with Crippen molar-refractivity contribution in [2.45, 2.75) is 38.3 Å². The lowest BCUT2D eigenvalue weighted by Gasteiger charge is -2.25. The average molecular weight is 274 g/mol. The summed E-state index contributed by atoms with van der Waals surface area (Å²) in [6.45, 7) is 3.66. The maximum absolute atomic E-state index is 11.9. The van der Waals surface area contributed by atoms with Gasteiger partial charge in [0.25, 0.3) is 5.91 Å². The molecule has 0 bridgehead atoms. The molecule has 20 heavy (non-hydrogen) atoms. The van der Waals surface area contributed by atoms with E-state index in [4.69, 9.17) is 10.5 Å². The van der Waals surface area contributed by atoms with Crippen LogP contribution in [0.3, 0.4) is 0 Å². The summed E-state index contributed by atoms with van der Waals surface area (Å²) in [5.74, 6) is 0.375. The smallest absolute Gasteiger partial charge is 0.251 e. The quantitative estimate of drug-likeness (QED) is 0.883. The molecule has 1 amide bonds. The molecule has 108 valence electrons. The van der Waals surface area contributed by atoms with Gasteiger partial charge in [-0.3, -0.25) is 4.79 Å². The summed E-state index contributed by atoms with van der Waals surface area (Å²) < 4.78 is 5.73. The summed E-state index contributed by atoms with van der Waals surface area (Å²) in [6, 6.07) is 6.05. The van der Waals surface area contributed by atoms with Crippen molar-refractivity contribution in [3.63, 3.8) is 0 Å². The maximum Gasteiger partial charge on any atom is 0.251 e. The molecule has 3 N–H and O–H groups in total. The molecular formula is C16H22N2O2. The number of carbonyl (C=O) groups is 1. The first-order chi connectivity index (χ1) is 9.70. The molecule has 3 atom stereocenters. The minimum absolute atomic E-state index is 0.0232. The predicted octanol–water partition coefficient (Wildman–Crippen LogP) is 1.79. The number of fused-ring (bicyclic) bond motifs is 1. The highest BCUT2D eigenvalue weighted by molar-refractivity contribution is 5.96. The first-order valence-corrected chi connectivity index (χ1v) is 7.49. The van der Waals surface area contributed by atoms with Gasteiger partial charge in [-0.05, 0) is 36.5 Å². The van der Waals surface area contributed by atoms with E-state index >= 15 is 0 Å². The molecular weight excluding hydrogens is 252 g/mol. The van der Waals surface area contributed by atoms with Gasteiger partial charge in [-0.2, -0.15) is 0 Å². The molecule has 2 aliphatic rings. The molecule has 0 saturated carbocycles. The third-order valence-electron chi connectivity index (χ3n) is 4.57. The SMILES string of the molecule is CCC1OCCC1C(N)c1ccc2c(c1)C(=O)NCC2. The summed E-state index contributed by atoms with van der Waals surface area (Å²) in [7, 11) is 0. The van der Waals surface area contributed by atoms with Crippen molar-refractivity contribution in [2.24, 2.45) is 11.7 Å². The lowest BCUT2D eigenvalue weighted by atomic mass is 9.85. The average Bonchev–Trinajstić information content (AvgIpc) is 2.95. The van der Waals surface area contributed by atoms with Crippen LogP contribution < -0.4 is 11.1 Å². The number of rotatable bonds is 3. The van der Waals surface area contributed by atoms with Crippen molar-refractivity contribution in [3.8, 4) is 0 Å². The van der Waals surface area contributed by atoms with Gasteiger partial charge in [0.15, 0.2) is 0 Å². The highest BCUT2D eigenvalue weighted by Gasteiger charge is 2.33. The zero-order valence-corrected chi connectivity index (χ0v) is 11.9. The number of nitrogens with one attached hydrogen (secondary N) is 1. The van der Waals surface area contributed by atoms with E-state index in [2.05, 4.69) is 24.4 Å². The van der Waals surface area contributed by atoms with Crippen LogP contribution >= 0.6 is 0 Å². The van der Waals surface area contributed by atoms with Crippen LogP contribution in [0.5, 0.6) is 0 Å². The third kappa shape index (κ3) is 2.34. The lowest BCUT2D eigenvalue weighted by molar-refractivity contribution is 0.0813. The van der Waals surface area contributed by atoms with E-state index in [9.17, 15) is 4.79 Å². The minimum atomic E-state index is -0.0533. The number of carbonyl (C=O) groups excluding carboxylic acids is 1. The van der Waals surface area contributed by atoms with Gasteiger partial charge in [0.1, 0.15) is 0 Å². The second-order valence-corrected chi connectivity index (χ2v) is 5.72. The zero-order valence-electron chi connectivity index (χ0n) is 11.9. The molecule has 1 aromatic carbocycles. The second-order valence-electron chi connectivity index (χ2n) is 5.72. The summed E-state index contributed by atoms with van der Waals surface area (Å²) in [5, 5.41) is 2.89. The third-order valence-corrected chi connectivity index (χ3v) is 4.57. The van der Waals surface area contributed by atoms with Crippen LogP contribution in [0.4, 0.5) is 0 Å². The molecule has 4 heteroatoms. The van der Waals surface area contributed by atoms with E-state index in [1.165, 1.54) is 0 Å². The van der Waals surface area contributed by atoms with Gasteiger partial charge in [0.2, 0.25) is 0 Å². The van der Waals surface area contributed by atoms with E-state index in [1.54, 1.807) is 0 Å². The molecule has 4 nitrogen and oxygen atoms in total. The van der Waals surface area contributed by atoms with E-state index in [-0.39, 0.29) is 18.1 Å². The Morgan fingerprint density at radius 2 is 2.35 bits per heavy atom. The number of benzene rings is 1. The van der Waals surface area contributed by atoms with Crippen LogP contribution in [0.1, 0.15) is 47.3 Å². The van der Waals surface area contributed by atoms with Crippen LogP contribution in [0.2, 0.25) is 0 Å². The molecule has 1 fully saturated rings. The molecule has 1 aromatic rings. The fourth-order valence-electron chi connectivity index (χ4n) is 3.38. The van der Waals surface area contributed by atoms with E-state index in [0.717, 1.165) is 49.1 Å².